The predicted octanol–water partition coefficient (Wildman–Crippen LogP) is 1.36. The topological polar surface area (TPSA) is 76.6 Å². The smallest absolute Gasteiger partial charge is 0.255 e. The summed E-state index contributed by atoms with van der Waals surface area (Å²) >= 11 is 0. The summed E-state index contributed by atoms with van der Waals surface area (Å²) in [5, 5.41) is 9.09. The molecule has 6 nitrogen and oxygen atoms in total. The second-order valence-electron chi connectivity index (χ2n) is 6.27. The predicted molar refractivity (Wildman–Crippen MR) is 89.5 cm³/mol. The molecule has 0 aliphatic carbocycles. The third-order valence-electron chi connectivity index (χ3n) is 4.54. The van der Waals surface area contributed by atoms with Crippen molar-refractivity contribution in [2.75, 3.05) is 26.7 Å². The number of carbonyl (C=O) groups is 1. The van der Waals surface area contributed by atoms with Crippen LogP contribution in [0.1, 0.15) is 26.7 Å². The van der Waals surface area contributed by atoms with Crippen LogP contribution < -0.4 is 5.73 Å². The van der Waals surface area contributed by atoms with Gasteiger partial charge in [0.1, 0.15) is 11.6 Å². The van der Waals surface area contributed by atoms with E-state index in [1.54, 1.807) is 20.0 Å². The Morgan fingerprint density at radius 3 is 2.83 bits per heavy atom. The van der Waals surface area contributed by atoms with Crippen molar-refractivity contribution < 1.29 is 4.79 Å². The molecular formula is C17H25N5O. The Bertz CT molecular complexity index is 613. The highest BCUT2D eigenvalue weighted by atomic mass is 16.2. The van der Waals surface area contributed by atoms with Gasteiger partial charge < -0.3 is 15.5 Å². The molecule has 1 saturated heterocycles. The van der Waals surface area contributed by atoms with Crippen molar-refractivity contribution in [3.63, 3.8) is 0 Å². The standard InChI is InChI=1S/C17H25N5O/c1-12(9-18)13(2)10-22-14(3)20(4)17(23)8-16(22)21-7-5-6-15(19)11-21/h8,15H,3,5-7,10-11,19H2,1-2,4H3. The maximum atomic E-state index is 12.2. The summed E-state index contributed by atoms with van der Waals surface area (Å²) in [5.41, 5.74) is 7.74. The van der Waals surface area contributed by atoms with Gasteiger partial charge in [-0.2, -0.15) is 5.26 Å². The number of allylic oxidation sites excluding steroid dienone is 1. The van der Waals surface area contributed by atoms with Crippen molar-refractivity contribution in [2.45, 2.75) is 32.7 Å². The van der Waals surface area contributed by atoms with Crippen LogP contribution in [0.15, 0.2) is 35.4 Å². The van der Waals surface area contributed by atoms with Crippen molar-refractivity contribution in [3.05, 3.63) is 35.4 Å². The second-order valence-corrected chi connectivity index (χ2v) is 6.27. The minimum Gasteiger partial charge on any atom is -0.356 e. The largest absolute Gasteiger partial charge is 0.356 e. The number of likely N-dealkylation sites (tertiary alicyclic amines) is 1. The normalized spacial score (nSPS) is 23.5. The van der Waals surface area contributed by atoms with Crippen molar-refractivity contribution >= 4 is 5.91 Å². The molecule has 1 amide bonds. The summed E-state index contributed by atoms with van der Waals surface area (Å²) in [5.74, 6) is 1.37. The van der Waals surface area contributed by atoms with E-state index in [1.807, 2.05) is 11.8 Å². The van der Waals surface area contributed by atoms with Gasteiger partial charge in [-0.05, 0) is 32.3 Å². The molecule has 1 fully saturated rings. The molecule has 2 heterocycles. The summed E-state index contributed by atoms with van der Waals surface area (Å²) in [6.07, 6.45) is 3.65. The number of rotatable bonds is 3. The fourth-order valence-electron chi connectivity index (χ4n) is 2.83. The molecule has 2 N–H and O–H groups in total. The van der Waals surface area contributed by atoms with Gasteiger partial charge in [0, 0.05) is 44.4 Å². The molecule has 0 saturated carbocycles. The number of nitriles is 1. The number of piperidine rings is 1. The van der Waals surface area contributed by atoms with E-state index in [1.165, 1.54) is 4.90 Å². The number of hydrogen-bond acceptors (Lipinski definition) is 5. The lowest BCUT2D eigenvalue weighted by Gasteiger charge is -2.44. The van der Waals surface area contributed by atoms with Crippen LogP contribution in [0.25, 0.3) is 0 Å². The zero-order valence-electron chi connectivity index (χ0n) is 14.2. The first-order chi connectivity index (χ1) is 10.8. The maximum absolute atomic E-state index is 12.2. The zero-order valence-corrected chi connectivity index (χ0v) is 14.2. The number of amides is 1. The van der Waals surface area contributed by atoms with E-state index in [4.69, 9.17) is 11.0 Å². The molecule has 1 atom stereocenters. The number of nitrogens with two attached hydrogens (primary N) is 1. The van der Waals surface area contributed by atoms with E-state index in [9.17, 15) is 4.79 Å². The molecule has 1 unspecified atom stereocenters. The van der Waals surface area contributed by atoms with Crippen LogP contribution in [0.5, 0.6) is 0 Å². The van der Waals surface area contributed by atoms with E-state index < -0.39 is 0 Å². The molecule has 0 spiro atoms. The Balaban J connectivity index is 2.34. The summed E-state index contributed by atoms with van der Waals surface area (Å²) < 4.78 is 0. The average Bonchev–Trinajstić information content (AvgIpc) is 2.54. The van der Waals surface area contributed by atoms with Crippen molar-refractivity contribution in [1.82, 2.24) is 14.7 Å². The van der Waals surface area contributed by atoms with Gasteiger partial charge in [0.05, 0.1) is 6.07 Å². The Kier molecular flexibility index (Phi) is 5.12. The third kappa shape index (κ3) is 3.57. The number of carbonyl (C=O) groups excluding carboxylic acids is 1. The van der Waals surface area contributed by atoms with E-state index >= 15 is 0 Å². The molecule has 23 heavy (non-hydrogen) atoms. The lowest BCUT2D eigenvalue weighted by atomic mass is 10.1. The molecule has 0 radical (unpaired) electrons. The molecule has 2 rings (SSSR count). The minimum atomic E-state index is -0.0842. The molecule has 124 valence electrons. The van der Waals surface area contributed by atoms with Gasteiger partial charge in [-0.25, -0.2) is 0 Å². The second kappa shape index (κ2) is 6.88. The Hall–Kier alpha value is -2.26. The Labute approximate surface area is 138 Å². The van der Waals surface area contributed by atoms with Gasteiger partial charge in [-0.1, -0.05) is 6.58 Å². The van der Waals surface area contributed by atoms with Crippen LogP contribution in [0, 0.1) is 11.3 Å². The summed E-state index contributed by atoms with van der Waals surface area (Å²) in [4.78, 5) is 17.9. The van der Waals surface area contributed by atoms with E-state index in [-0.39, 0.29) is 11.9 Å². The highest BCUT2D eigenvalue weighted by molar-refractivity contribution is 5.90. The molecule has 0 aromatic carbocycles. The Morgan fingerprint density at radius 2 is 2.22 bits per heavy atom. The first-order valence-electron chi connectivity index (χ1n) is 7.88. The number of likely N-dealkylation sites (N-methyl/N-ethyl adjacent to an activating group) is 1. The summed E-state index contributed by atoms with van der Waals surface area (Å²) in [6, 6.07) is 2.30. The monoisotopic (exact) mass is 315 g/mol. The lowest BCUT2D eigenvalue weighted by Crippen LogP contribution is -2.50. The first-order valence-corrected chi connectivity index (χ1v) is 7.88. The van der Waals surface area contributed by atoms with E-state index in [2.05, 4.69) is 17.5 Å². The van der Waals surface area contributed by atoms with Gasteiger partial charge in [0.15, 0.2) is 0 Å². The first kappa shape index (κ1) is 17.1. The fourth-order valence-corrected chi connectivity index (χ4v) is 2.83. The highest BCUT2D eigenvalue weighted by Crippen LogP contribution is 2.27. The molecule has 0 aromatic rings. The van der Waals surface area contributed by atoms with Crippen LogP contribution >= 0.6 is 0 Å². The van der Waals surface area contributed by atoms with Crippen LogP contribution in [0.3, 0.4) is 0 Å². The fraction of sp³-hybridized carbons (Fsp3) is 0.529. The van der Waals surface area contributed by atoms with Crippen molar-refractivity contribution in [2.24, 2.45) is 5.73 Å². The molecule has 2 aliphatic heterocycles. The molecule has 6 heteroatoms. The molecule has 2 aliphatic rings. The van der Waals surface area contributed by atoms with Gasteiger partial charge >= 0.3 is 0 Å². The van der Waals surface area contributed by atoms with Crippen LogP contribution in [0.2, 0.25) is 0 Å². The van der Waals surface area contributed by atoms with Crippen LogP contribution in [-0.4, -0.2) is 53.3 Å². The maximum Gasteiger partial charge on any atom is 0.255 e. The Morgan fingerprint density at radius 1 is 1.52 bits per heavy atom. The summed E-state index contributed by atoms with van der Waals surface area (Å²) in [7, 11) is 1.71. The van der Waals surface area contributed by atoms with Crippen molar-refractivity contribution in [3.8, 4) is 6.07 Å². The van der Waals surface area contributed by atoms with Gasteiger partial charge in [-0.15, -0.1) is 0 Å². The molecule has 0 bridgehead atoms. The number of hydrogen-bond donors (Lipinski definition) is 1. The van der Waals surface area contributed by atoms with Crippen LogP contribution in [0.4, 0.5) is 0 Å². The quantitative estimate of drug-likeness (QED) is 0.796. The number of nitrogens with zero attached hydrogens (tertiary/aromatic N) is 4. The third-order valence-corrected chi connectivity index (χ3v) is 4.54. The minimum absolute atomic E-state index is 0.0842. The van der Waals surface area contributed by atoms with Crippen molar-refractivity contribution in [1.29, 1.82) is 5.26 Å². The molecule has 0 aromatic heterocycles. The van der Waals surface area contributed by atoms with E-state index in [0.717, 1.165) is 37.3 Å². The zero-order chi connectivity index (χ0) is 17.1. The highest BCUT2D eigenvalue weighted by Gasteiger charge is 2.31. The van der Waals surface area contributed by atoms with Crippen LogP contribution in [-0.2, 0) is 4.79 Å². The van der Waals surface area contributed by atoms with E-state index in [0.29, 0.717) is 17.9 Å². The summed E-state index contributed by atoms with van der Waals surface area (Å²) in [6.45, 7) is 9.93. The van der Waals surface area contributed by atoms with Gasteiger partial charge in [-0.3, -0.25) is 9.69 Å². The SMILES string of the molecule is C=C1N(C)C(=O)C=C(N2CCCC(N)C2)N1CC(C)=C(C)C#N. The average molecular weight is 315 g/mol. The van der Waals surface area contributed by atoms with Gasteiger partial charge in [0.2, 0.25) is 0 Å². The van der Waals surface area contributed by atoms with Gasteiger partial charge in [0.25, 0.3) is 5.91 Å². The molecular weight excluding hydrogens is 290 g/mol. The lowest BCUT2D eigenvalue weighted by molar-refractivity contribution is -0.125.